The summed E-state index contributed by atoms with van der Waals surface area (Å²) in [6.07, 6.45) is 2.91. The van der Waals surface area contributed by atoms with Gasteiger partial charge in [-0.2, -0.15) is 0 Å². The number of nitrogens with zero attached hydrogens (tertiary/aromatic N) is 2. The van der Waals surface area contributed by atoms with Crippen molar-refractivity contribution in [2.75, 3.05) is 7.11 Å². The number of hydrogen-bond acceptors (Lipinski definition) is 5. The largest absolute Gasteiger partial charge is 0.467 e. The minimum Gasteiger partial charge on any atom is -0.467 e. The first-order valence-corrected chi connectivity index (χ1v) is 6.87. The number of carbonyl (C=O) groups excluding carboxylic acids is 2. The second-order valence-electron chi connectivity index (χ2n) is 5.18. The minimum absolute atomic E-state index is 0.0201. The van der Waals surface area contributed by atoms with E-state index in [0.717, 1.165) is 25.1 Å². The Morgan fingerprint density at radius 2 is 2.20 bits per heavy atom. The molecule has 0 saturated heterocycles. The summed E-state index contributed by atoms with van der Waals surface area (Å²) in [6, 6.07) is -0.680. The molecule has 1 amide bonds. The third-order valence-electron chi connectivity index (χ3n) is 3.62. The summed E-state index contributed by atoms with van der Waals surface area (Å²) in [7, 11) is 1.31. The zero-order chi connectivity index (χ0) is 14.7. The molecule has 20 heavy (non-hydrogen) atoms. The Hall–Kier alpha value is -1.92. The number of amides is 1. The van der Waals surface area contributed by atoms with E-state index in [9.17, 15) is 9.59 Å². The molecule has 1 saturated carbocycles. The number of nitrogens with one attached hydrogen (secondary N) is 2. The first-order valence-electron chi connectivity index (χ1n) is 6.87. The minimum atomic E-state index is -0.680. The summed E-state index contributed by atoms with van der Waals surface area (Å²) in [4.78, 5) is 28.0. The summed E-state index contributed by atoms with van der Waals surface area (Å²) in [5.41, 5.74) is 0. The average molecular weight is 280 g/mol. The van der Waals surface area contributed by atoms with E-state index in [4.69, 9.17) is 4.74 Å². The summed E-state index contributed by atoms with van der Waals surface area (Å²) >= 11 is 0. The zero-order valence-electron chi connectivity index (χ0n) is 12.0. The number of ether oxygens (including phenoxy) is 1. The summed E-state index contributed by atoms with van der Waals surface area (Å²) < 4.78 is 4.72. The molecule has 1 aromatic heterocycles. The Balaban J connectivity index is 2.04. The van der Waals surface area contributed by atoms with Crippen LogP contribution in [0.25, 0.3) is 0 Å². The van der Waals surface area contributed by atoms with Gasteiger partial charge in [0.2, 0.25) is 5.82 Å². The van der Waals surface area contributed by atoms with Crippen molar-refractivity contribution >= 4 is 11.9 Å². The van der Waals surface area contributed by atoms with Gasteiger partial charge < -0.3 is 10.1 Å². The van der Waals surface area contributed by atoms with E-state index < -0.39 is 17.9 Å². The number of aromatic nitrogens is 3. The fourth-order valence-corrected chi connectivity index (χ4v) is 1.92. The molecule has 2 N–H and O–H groups in total. The summed E-state index contributed by atoms with van der Waals surface area (Å²) in [5, 5.41) is 9.32. The lowest BCUT2D eigenvalue weighted by molar-refractivity contribution is -0.144. The van der Waals surface area contributed by atoms with Crippen molar-refractivity contribution < 1.29 is 14.3 Å². The molecule has 0 aromatic carbocycles. The molecule has 2 atom stereocenters. The van der Waals surface area contributed by atoms with E-state index in [0.29, 0.717) is 5.92 Å². The molecule has 7 nitrogen and oxygen atoms in total. The van der Waals surface area contributed by atoms with Crippen LogP contribution in [-0.4, -0.2) is 40.2 Å². The van der Waals surface area contributed by atoms with Crippen LogP contribution in [0.2, 0.25) is 0 Å². The van der Waals surface area contributed by atoms with Gasteiger partial charge >= 0.3 is 5.97 Å². The SMILES string of the molecule is CCC(C)C(NC(=O)c1n[nH]c(C2CC2)n1)C(=O)OC. The van der Waals surface area contributed by atoms with E-state index >= 15 is 0 Å². The second kappa shape index (κ2) is 6.02. The highest BCUT2D eigenvalue weighted by atomic mass is 16.5. The Labute approximate surface area is 117 Å². The van der Waals surface area contributed by atoms with E-state index in [1.165, 1.54) is 7.11 Å². The van der Waals surface area contributed by atoms with E-state index in [1.807, 2.05) is 13.8 Å². The molecular formula is C13H20N4O3. The van der Waals surface area contributed by atoms with Gasteiger partial charge in [0.1, 0.15) is 11.9 Å². The number of hydrogen-bond donors (Lipinski definition) is 2. The van der Waals surface area contributed by atoms with Crippen molar-refractivity contribution in [2.24, 2.45) is 5.92 Å². The molecule has 1 aliphatic rings. The van der Waals surface area contributed by atoms with E-state index in [-0.39, 0.29) is 11.7 Å². The predicted octanol–water partition coefficient (Wildman–Crippen LogP) is 1.000. The van der Waals surface area contributed by atoms with Crippen LogP contribution in [-0.2, 0) is 9.53 Å². The van der Waals surface area contributed by atoms with Crippen LogP contribution in [0, 0.1) is 5.92 Å². The Kier molecular flexibility index (Phi) is 4.36. The van der Waals surface area contributed by atoms with Crippen LogP contribution in [0.3, 0.4) is 0 Å². The molecule has 1 fully saturated rings. The standard InChI is InChI=1S/C13H20N4O3/c1-4-7(2)9(13(19)20-3)14-12(18)11-15-10(16-17-11)8-5-6-8/h7-9H,4-6H2,1-3H3,(H,14,18)(H,15,16,17). The van der Waals surface area contributed by atoms with Crippen LogP contribution >= 0.6 is 0 Å². The Morgan fingerprint density at radius 3 is 2.75 bits per heavy atom. The molecule has 2 rings (SSSR count). The molecular weight excluding hydrogens is 260 g/mol. The van der Waals surface area contributed by atoms with Gasteiger partial charge in [0.25, 0.3) is 5.91 Å². The van der Waals surface area contributed by atoms with E-state index in [1.54, 1.807) is 0 Å². The quantitative estimate of drug-likeness (QED) is 0.758. The van der Waals surface area contributed by atoms with Crippen molar-refractivity contribution in [1.29, 1.82) is 0 Å². The van der Waals surface area contributed by atoms with Crippen molar-refractivity contribution in [2.45, 2.75) is 45.1 Å². The summed E-state index contributed by atoms with van der Waals surface area (Å²) in [6.45, 7) is 3.83. The van der Waals surface area contributed by atoms with Crippen molar-refractivity contribution in [3.8, 4) is 0 Å². The number of rotatable bonds is 6. The first-order chi connectivity index (χ1) is 9.56. The van der Waals surface area contributed by atoms with Gasteiger partial charge in [-0.25, -0.2) is 9.78 Å². The number of H-pyrrole nitrogens is 1. The third kappa shape index (κ3) is 3.15. The lowest BCUT2D eigenvalue weighted by atomic mass is 9.99. The smallest absolute Gasteiger partial charge is 0.328 e. The number of esters is 1. The van der Waals surface area contributed by atoms with Gasteiger partial charge in [-0.1, -0.05) is 20.3 Å². The lowest BCUT2D eigenvalue weighted by Gasteiger charge is -2.20. The molecule has 0 spiro atoms. The summed E-state index contributed by atoms with van der Waals surface area (Å²) in [5.74, 6) is 0.287. The van der Waals surface area contributed by atoms with Crippen molar-refractivity contribution in [1.82, 2.24) is 20.5 Å². The van der Waals surface area contributed by atoms with Gasteiger partial charge in [0, 0.05) is 5.92 Å². The molecule has 1 aromatic rings. The normalized spacial score (nSPS) is 17.4. The highest BCUT2D eigenvalue weighted by molar-refractivity contribution is 5.93. The molecule has 0 bridgehead atoms. The lowest BCUT2D eigenvalue weighted by Crippen LogP contribution is -2.46. The van der Waals surface area contributed by atoms with Gasteiger partial charge in [0.05, 0.1) is 7.11 Å². The fourth-order valence-electron chi connectivity index (χ4n) is 1.92. The maximum atomic E-state index is 12.1. The van der Waals surface area contributed by atoms with Gasteiger partial charge in [-0.15, -0.1) is 5.10 Å². The van der Waals surface area contributed by atoms with Gasteiger partial charge in [-0.05, 0) is 18.8 Å². The first kappa shape index (κ1) is 14.5. The van der Waals surface area contributed by atoms with Crippen LogP contribution < -0.4 is 5.32 Å². The number of carbonyl (C=O) groups is 2. The Morgan fingerprint density at radius 1 is 1.50 bits per heavy atom. The van der Waals surface area contributed by atoms with Gasteiger partial charge in [-0.3, -0.25) is 9.89 Å². The zero-order valence-corrected chi connectivity index (χ0v) is 12.0. The van der Waals surface area contributed by atoms with Crippen LogP contribution in [0.5, 0.6) is 0 Å². The van der Waals surface area contributed by atoms with Crippen molar-refractivity contribution in [3.63, 3.8) is 0 Å². The molecule has 1 aliphatic carbocycles. The monoisotopic (exact) mass is 280 g/mol. The predicted molar refractivity (Wildman–Crippen MR) is 71.1 cm³/mol. The highest BCUT2D eigenvalue weighted by Crippen LogP contribution is 2.37. The molecule has 0 aliphatic heterocycles. The van der Waals surface area contributed by atoms with Crippen LogP contribution in [0.1, 0.15) is 55.5 Å². The van der Waals surface area contributed by atoms with Crippen LogP contribution in [0.15, 0.2) is 0 Å². The fraction of sp³-hybridized carbons (Fsp3) is 0.692. The maximum absolute atomic E-state index is 12.1. The van der Waals surface area contributed by atoms with Crippen molar-refractivity contribution in [3.05, 3.63) is 11.6 Å². The van der Waals surface area contributed by atoms with Crippen LogP contribution in [0.4, 0.5) is 0 Å². The Bertz CT molecular complexity index is 496. The molecule has 2 unspecified atom stereocenters. The third-order valence-corrected chi connectivity index (χ3v) is 3.62. The average Bonchev–Trinajstić information content (AvgIpc) is 3.20. The molecule has 1 heterocycles. The van der Waals surface area contributed by atoms with E-state index in [2.05, 4.69) is 20.5 Å². The number of methoxy groups -OCH3 is 1. The highest BCUT2D eigenvalue weighted by Gasteiger charge is 2.31. The topological polar surface area (TPSA) is 97.0 Å². The molecule has 7 heteroatoms. The van der Waals surface area contributed by atoms with Gasteiger partial charge in [0.15, 0.2) is 0 Å². The second-order valence-corrected chi connectivity index (χ2v) is 5.18. The maximum Gasteiger partial charge on any atom is 0.328 e. The molecule has 110 valence electrons. The molecule has 0 radical (unpaired) electrons. The number of aromatic amines is 1.